The molecule has 0 unspecified atom stereocenters. The van der Waals surface area contributed by atoms with Gasteiger partial charge >= 0.3 is 0 Å². The summed E-state index contributed by atoms with van der Waals surface area (Å²) >= 11 is 17.9. The third-order valence-electron chi connectivity index (χ3n) is 2.78. The Morgan fingerprint density at radius 1 is 1.10 bits per heavy atom. The third-order valence-corrected chi connectivity index (χ3v) is 3.74. The number of hydrogen-bond acceptors (Lipinski definition) is 2. The van der Waals surface area contributed by atoms with Crippen molar-refractivity contribution >= 4 is 52.1 Å². The number of aryl methyl sites for hydroxylation is 1. The molecule has 0 aliphatic heterocycles. The highest BCUT2D eigenvalue weighted by molar-refractivity contribution is 6.40. The second kappa shape index (κ2) is 5.92. The molecule has 104 valence electrons. The third kappa shape index (κ3) is 3.01. The fourth-order valence-corrected chi connectivity index (χ4v) is 2.47. The Kier molecular flexibility index (Phi) is 4.43. The van der Waals surface area contributed by atoms with Gasteiger partial charge in [0, 0.05) is 5.69 Å². The Bertz CT molecular complexity index is 666. The van der Waals surface area contributed by atoms with Crippen LogP contribution in [0.25, 0.3) is 0 Å². The zero-order valence-corrected chi connectivity index (χ0v) is 12.8. The Morgan fingerprint density at radius 2 is 1.70 bits per heavy atom. The topological polar surface area (TPSA) is 55.1 Å². The molecule has 1 amide bonds. The van der Waals surface area contributed by atoms with Crippen molar-refractivity contribution < 1.29 is 4.79 Å². The smallest absolute Gasteiger partial charge is 0.258 e. The van der Waals surface area contributed by atoms with E-state index < -0.39 is 5.91 Å². The molecule has 0 heterocycles. The van der Waals surface area contributed by atoms with Gasteiger partial charge in [0.15, 0.2) is 0 Å². The van der Waals surface area contributed by atoms with Crippen LogP contribution < -0.4 is 11.1 Å². The molecule has 0 saturated carbocycles. The molecule has 0 atom stereocenters. The molecule has 3 nitrogen and oxygen atoms in total. The van der Waals surface area contributed by atoms with Gasteiger partial charge in [-0.15, -0.1) is 0 Å². The molecule has 2 aromatic rings. The van der Waals surface area contributed by atoms with Crippen LogP contribution in [-0.2, 0) is 0 Å². The van der Waals surface area contributed by atoms with E-state index in [0.29, 0.717) is 16.4 Å². The number of nitrogen functional groups attached to an aromatic ring is 1. The van der Waals surface area contributed by atoms with Crippen molar-refractivity contribution in [3.05, 3.63) is 56.5 Å². The maximum absolute atomic E-state index is 12.2. The summed E-state index contributed by atoms with van der Waals surface area (Å²) in [5.41, 5.74) is 7.73. The predicted octanol–water partition coefficient (Wildman–Crippen LogP) is 4.79. The maximum atomic E-state index is 12.2. The number of carbonyl (C=O) groups is 1. The molecule has 0 bridgehead atoms. The largest absolute Gasteiger partial charge is 0.398 e. The van der Waals surface area contributed by atoms with E-state index >= 15 is 0 Å². The van der Waals surface area contributed by atoms with Crippen molar-refractivity contribution in [2.24, 2.45) is 0 Å². The van der Waals surface area contributed by atoms with Crippen LogP contribution in [0.3, 0.4) is 0 Å². The summed E-state index contributed by atoms with van der Waals surface area (Å²) in [6.07, 6.45) is 0. The van der Waals surface area contributed by atoms with Crippen LogP contribution >= 0.6 is 34.8 Å². The van der Waals surface area contributed by atoms with E-state index in [4.69, 9.17) is 40.5 Å². The number of hydrogen-bond donors (Lipinski definition) is 2. The molecule has 0 spiro atoms. The minimum Gasteiger partial charge on any atom is -0.398 e. The van der Waals surface area contributed by atoms with Crippen LogP contribution in [0.5, 0.6) is 0 Å². The lowest BCUT2D eigenvalue weighted by Crippen LogP contribution is -2.14. The summed E-state index contributed by atoms with van der Waals surface area (Å²) in [6.45, 7) is 1.82. The molecule has 2 aromatic carbocycles. The molecule has 0 radical (unpaired) electrons. The van der Waals surface area contributed by atoms with E-state index in [1.54, 1.807) is 30.3 Å². The van der Waals surface area contributed by atoms with Crippen LogP contribution in [-0.4, -0.2) is 5.91 Å². The van der Waals surface area contributed by atoms with Crippen molar-refractivity contribution in [3.8, 4) is 0 Å². The van der Waals surface area contributed by atoms with Crippen molar-refractivity contribution in [1.82, 2.24) is 0 Å². The van der Waals surface area contributed by atoms with E-state index in [9.17, 15) is 4.79 Å². The summed E-state index contributed by atoms with van der Waals surface area (Å²) in [6, 6.07) is 8.16. The molecule has 0 aromatic heterocycles. The lowest BCUT2D eigenvalue weighted by atomic mass is 10.1. The van der Waals surface area contributed by atoms with Crippen LogP contribution in [0.15, 0.2) is 30.3 Å². The van der Waals surface area contributed by atoms with Crippen LogP contribution in [0.4, 0.5) is 11.4 Å². The van der Waals surface area contributed by atoms with Gasteiger partial charge in [0.25, 0.3) is 5.91 Å². The van der Waals surface area contributed by atoms with Gasteiger partial charge in [0.1, 0.15) is 0 Å². The second-order valence-corrected chi connectivity index (χ2v) is 5.46. The Hall–Kier alpha value is -1.42. The minimum absolute atomic E-state index is 0.225. The van der Waals surface area contributed by atoms with Gasteiger partial charge in [-0.25, -0.2) is 0 Å². The van der Waals surface area contributed by atoms with E-state index in [-0.39, 0.29) is 15.6 Å². The fourth-order valence-electron chi connectivity index (χ4n) is 1.74. The highest BCUT2D eigenvalue weighted by Gasteiger charge is 2.16. The van der Waals surface area contributed by atoms with Gasteiger partial charge in [0.2, 0.25) is 0 Å². The average Bonchev–Trinajstić information content (AvgIpc) is 2.35. The zero-order chi connectivity index (χ0) is 14.9. The second-order valence-electron chi connectivity index (χ2n) is 4.24. The summed E-state index contributed by atoms with van der Waals surface area (Å²) < 4.78 is 0. The fraction of sp³-hybridized carbons (Fsp3) is 0.0714. The molecule has 0 aliphatic rings. The lowest BCUT2D eigenvalue weighted by Gasteiger charge is -2.12. The number of anilines is 2. The van der Waals surface area contributed by atoms with Crippen molar-refractivity contribution in [2.45, 2.75) is 6.92 Å². The van der Waals surface area contributed by atoms with Crippen molar-refractivity contribution in [3.63, 3.8) is 0 Å². The Balaban J connectivity index is 2.35. The first kappa shape index (κ1) is 15.0. The molecule has 2 rings (SSSR count). The number of nitrogens with two attached hydrogens (primary N) is 1. The first-order valence-corrected chi connectivity index (χ1v) is 6.84. The van der Waals surface area contributed by atoms with E-state index in [1.807, 2.05) is 6.92 Å². The molecule has 20 heavy (non-hydrogen) atoms. The summed E-state index contributed by atoms with van der Waals surface area (Å²) in [4.78, 5) is 12.2. The molecule has 0 fully saturated rings. The first-order valence-electron chi connectivity index (χ1n) is 5.71. The quantitative estimate of drug-likeness (QED) is 0.778. The van der Waals surface area contributed by atoms with Gasteiger partial charge in [-0.05, 0) is 36.8 Å². The molecule has 0 aliphatic carbocycles. The predicted molar refractivity (Wildman–Crippen MR) is 85.0 cm³/mol. The SMILES string of the molecule is Cc1cc(N)c(Cl)cc1NC(=O)c1c(Cl)cccc1Cl. The first-order chi connectivity index (χ1) is 9.40. The number of amides is 1. The lowest BCUT2D eigenvalue weighted by molar-refractivity contribution is 0.102. The number of carbonyl (C=O) groups excluding carboxylic acids is 1. The number of benzene rings is 2. The summed E-state index contributed by atoms with van der Waals surface area (Å²) in [5.74, 6) is -0.399. The van der Waals surface area contributed by atoms with Crippen LogP contribution in [0, 0.1) is 6.92 Å². The Labute approximate surface area is 131 Å². The van der Waals surface area contributed by atoms with Crippen LogP contribution in [0.1, 0.15) is 15.9 Å². The molecule has 6 heteroatoms. The van der Waals surface area contributed by atoms with Gasteiger partial charge < -0.3 is 11.1 Å². The average molecular weight is 330 g/mol. The molecule has 0 saturated heterocycles. The normalized spacial score (nSPS) is 10.4. The monoisotopic (exact) mass is 328 g/mol. The number of nitrogens with one attached hydrogen (secondary N) is 1. The summed E-state index contributed by atoms with van der Waals surface area (Å²) in [7, 11) is 0. The molecular weight excluding hydrogens is 319 g/mol. The van der Waals surface area contributed by atoms with Gasteiger partial charge in [-0.1, -0.05) is 40.9 Å². The van der Waals surface area contributed by atoms with Crippen LogP contribution in [0.2, 0.25) is 15.1 Å². The number of rotatable bonds is 2. The standard InChI is InChI=1S/C14H11Cl3N2O/c1-7-5-11(18)10(17)6-12(7)19-14(20)13-8(15)3-2-4-9(13)16/h2-6H,18H2,1H3,(H,19,20). The highest BCUT2D eigenvalue weighted by atomic mass is 35.5. The summed E-state index contributed by atoms with van der Waals surface area (Å²) in [5, 5.41) is 3.67. The minimum atomic E-state index is -0.399. The van der Waals surface area contributed by atoms with Crippen molar-refractivity contribution in [2.75, 3.05) is 11.1 Å². The van der Waals surface area contributed by atoms with E-state index in [1.165, 1.54) is 0 Å². The molecular formula is C14H11Cl3N2O. The zero-order valence-electron chi connectivity index (χ0n) is 10.5. The Morgan fingerprint density at radius 3 is 2.30 bits per heavy atom. The van der Waals surface area contributed by atoms with E-state index in [0.717, 1.165) is 5.56 Å². The van der Waals surface area contributed by atoms with Gasteiger partial charge in [-0.3, -0.25) is 4.79 Å². The van der Waals surface area contributed by atoms with Gasteiger partial charge in [0.05, 0.1) is 26.3 Å². The van der Waals surface area contributed by atoms with E-state index in [2.05, 4.69) is 5.32 Å². The van der Waals surface area contributed by atoms with Crippen molar-refractivity contribution in [1.29, 1.82) is 0 Å². The maximum Gasteiger partial charge on any atom is 0.258 e. The number of halogens is 3. The molecule has 3 N–H and O–H groups in total. The van der Waals surface area contributed by atoms with Gasteiger partial charge in [-0.2, -0.15) is 0 Å². The highest BCUT2D eigenvalue weighted by Crippen LogP contribution is 2.29.